The third kappa shape index (κ3) is 4.95. The highest BCUT2D eigenvalue weighted by Gasteiger charge is 2.18. The predicted molar refractivity (Wildman–Crippen MR) is 108 cm³/mol. The number of methoxy groups -OCH3 is 1. The van der Waals surface area contributed by atoms with Gasteiger partial charge in [0.1, 0.15) is 11.5 Å². The van der Waals surface area contributed by atoms with Gasteiger partial charge < -0.3 is 14.5 Å². The Morgan fingerprint density at radius 3 is 2.89 bits per heavy atom. The van der Waals surface area contributed by atoms with Crippen molar-refractivity contribution in [2.45, 2.75) is 38.0 Å². The van der Waals surface area contributed by atoms with Crippen molar-refractivity contribution in [2.24, 2.45) is 0 Å². The average Bonchev–Trinajstić information content (AvgIpc) is 3.36. The highest BCUT2D eigenvalue weighted by atomic mass is 32.2. The van der Waals surface area contributed by atoms with Crippen LogP contribution in [0, 0.1) is 0 Å². The van der Waals surface area contributed by atoms with E-state index >= 15 is 0 Å². The van der Waals surface area contributed by atoms with Crippen LogP contribution in [-0.2, 0) is 11.3 Å². The van der Waals surface area contributed by atoms with Gasteiger partial charge in [-0.3, -0.25) is 9.36 Å². The van der Waals surface area contributed by atoms with Gasteiger partial charge >= 0.3 is 0 Å². The highest BCUT2D eigenvalue weighted by molar-refractivity contribution is 7.99. The van der Waals surface area contributed by atoms with E-state index in [2.05, 4.69) is 15.5 Å². The summed E-state index contributed by atoms with van der Waals surface area (Å²) in [6.07, 6.45) is 2.53. The number of carbonyl (C=O) groups excluding carboxylic acids is 1. The van der Waals surface area contributed by atoms with E-state index in [0.29, 0.717) is 17.5 Å². The zero-order valence-corrected chi connectivity index (χ0v) is 17.0. The van der Waals surface area contributed by atoms with Crippen LogP contribution in [-0.4, -0.2) is 39.6 Å². The minimum Gasteiger partial charge on any atom is -0.497 e. The Morgan fingerprint density at radius 2 is 2.18 bits per heavy atom. The maximum atomic E-state index is 12.1. The number of nitrogens with one attached hydrogen (secondary N) is 1. The summed E-state index contributed by atoms with van der Waals surface area (Å²) in [6.45, 7) is 4.50. The maximum absolute atomic E-state index is 12.1. The summed E-state index contributed by atoms with van der Waals surface area (Å²) in [4.78, 5) is 12.1. The number of thioether (sulfide) groups is 1. The van der Waals surface area contributed by atoms with Crippen LogP contribution in [0.5, 0.6) is 5.75 Å². The summed E-state index contributed by atoms with van der Waals surface area (Å²) >= 11 is 1.36. The zero-order chi connectivity index (χ0) is 19.9. The second-order valence-electron chi connectivity index (χ2n) is 6.37. The van der Waals surface area contributed by atoms with Gasteiger partial charge in [-0.25, -0.2) is 0 Å². The molecule has 0 aliphatic carbocycles. The number of nitrogens with zero attached hydrogens (tertiary/aromatic N) is 3. The summed E-state index contributed by atoms with van der Waals surface area (Å²) in [6, 6.07) is 11.6. The van der Waals surface area contributed by atoms with Crippen molar-refractivity contribution in [1.29, 1.82) is 0 Å². The molecule has 0 unspecified atom stereocenters. The molecule has 2 heterocycles. The van der Waals surface area contributed by atoms with Crippen molar-refractivity contribution < 1.29 is 13.9 Å². The van der Waals surface area contributed by atoms with Crippen LogP contribution in [0.1, 0.15) is 26.0 Å². The zero-order valence-electron chi connectivity index (χ0n) is 16.2. The normalized spacial score (nSPS) is 12.0. The fraction of sp³-hybridized carbons (Fsp3) is 0.350. The van der Waals surface area contributed by atoms with Crippen LogP contribution in [0.2, 0.25) is 0 Å². The van der Waals surface area contributed by atoms with Gasteiger partial charge in [0.15, 0.2) is 11.0 Å². The van der Waals surface area contributed by atoms with Gasteiger partial charge in [0.25, 0.3) is 0 Å². The number of hydrogen-bond acceptors (Lipinski definition) is 6. The van der Waals surface area contributed by atoms with Gasteiger partial charge in [0.2, 0.25) is 5.91 Å². The molecule has 0 saturated heterocycles. The smallest absolute Gasteiger partial charge is 0.230 e. The Labute approximate surface area is 168 Å². The van der Waals surface area contributed by atoms with E-state index in [1.165, 1.54) is 11.8 Å². The predicted octanol–water partition coefficient (Wildman–Crippen LogP) is 3.60. The Hall–Kier alpha value is -2.74. The number of ether oxygens (including phenoxy) is 1. The highest BCUT2D eigenvalue weighted by Crippen LogP contribution is 2.27. The second kappa shape index (κ2) is 9.45. The Balaban J connectivity index is 1.85. The fourth-order valence-corrected chi connectivity index (χ4v) is 3.37. The first kappa shape index (κ1) is 20.0. The van der Waals surface area contributed by atoms with Crippen molar-refractivity contribution in [3.63, 3.8) is 0 Å². The van der Waals surface area contributed by atoms with E-state index in [1.807, 2.05) is 54.8 Å². The first-order valence-corrected chi connectivity index (χ1v) is 10.1. The van der Waals surface area contributed by atoms with Crippen molar-refractivity contribution in [1.82, 2.24) is 20.1 Å². The molecule has 0 spiro atoms. The Morgan fingerprint density at radius 1 is 1.32 bits per heavy atom. The first-order chi connectivity index (χ1) is 13.6. The molecular formula is C20H24N4O3S. The monoisotopic (exact) mass is 400 g/mol. The number of benzene rings is 1. The van der Waals surface area contributed by atoms with Gasteiger partial charge in [-0.2, -0.15) is 0 Å². The van der Waals surface area contributed by atoms with E-state index in [-0.39, 0.29) is 17.7 Å². The van der Waals surface area contributed by atoms with Crippen molar-refractivity contribution >= 4 is 17.7 Å². The fourth-order valence-electron chi connectivity index (χ4n) is 2.62. The van der Waals surface area contributed by atoms with Crippen LogP contribution < -0.4 is 10.1 Å². The summed E-state index contributed by atoms with van der Waals surface area (Å²) in [5.74, 6) is 2.48. The molecule has 0 radical (unpaired) electrons. The topological polar surface area (TPSA) is 82.2 Å². The van der Waals surface area contributed by atoms with E-state index in [9.17, 15) is 4.79 Å². The minimum atomic E-state index is -0.0187. The number of aromatic nitrogens is 3. The molecular weight excluding hydrogens is 376 g/mol. The lowest BCUT2D eigenvalue weighted by Crippen LogP contribution is -2.33. The second-order valence-corrected chi connectivity index (χ2v) is 7.31. The van der Waals surface area contributed by atoms with Crippen molar-refractivity contribution in [3.8, 4) is 17.1 Å². The molecule has 3 aromatic rings. The van der Waals surface area contributed by atoms with Crippen LogP contribution in [0.15, 0.2) is 52.2 Å². The molecule has 1 N–H and O–H groups in total. The van der Waals surface area contributed by atoms with Crippen molar-refractivity contribution in [3.05, 3.63) is 48.4 Å². The molecule has 1 amide bonds. The molecule has 8 heteroatoms. The third-order valence-corrected chi connectivity index (χ3v) is 5.26. The molecule has 148 valence electrons. The molecule has 7 nitrogen and oxygen atoms in total. The third-order valence-electron chi connectivity index (χ3n) is 4.29. The SMILES string of the molecule is CC[C@H](C)NC(=O)CSc1nnc(-c2cccc(OC)c2)n1Cc1ccco1. The van der Waals surface area contributed by atoms with E-state index in [0.717, 1.165) is 23.5 Å². The van der Waals surface area contributed by atoms with Crippen LogP contribution in [0.4, 0.5) is 0 Å². The molecule has 0 fully saturated rings. The molecule has 3 rings (SSSR count). The van der Waals surface area contributed by atoms with E-state index in [1.54, 1.807) is 13.4 Å². The average molecular weight is 401 g/mol. The van der Waals surface area contributed by atoms with Gasteiger partial charge in [0, 0.05) is 11.6 Å². The lowest BCUT2D eigenvalue weighted by atomic mass is 10.2. The van der Waals surface area contributed by atoms with E-state index < -0.39 is 0 Å². The van der Waals surface area contributed by atoms with Crippen LogP contribution in [0.3, 0.4) is 0 Å². The van der Waals surface area contributed by atoms with Gasteiger partial charge in [-0.05, 0) is 37.6 Å². The molecule has 2 aromatic heterocycles. The summed E-state index contributed by atoms with van der Waals surface area (Å²) in [5.41, 5.74) is 0.884. The van der Waals surface area contributed by atoms with Crippen LogP contribution >= 0.6 is 11.8 Å². The Bertz CT molecular complexity index is 908. The quantitative estimate of drug-likeness (QED) is 0.553. The molecule has 0 aliphatic rings. The molecule has 0 saturated carbocycles. The van der Waals surface area contributed by atoms with Gasteiger partial charge in [0.05, 0.1) is 25.7 Å². The summed E-state index contributed by atoms with van der Waals surface area (Å²) < 4.78 is 12.8. The molecule has 1 aromatic carbocycles. The standard InChI is InChI=1S/C20H24N4O3S/c1-4-14(2)21-18(25)13-28-20-23-22-19(15-7-5-8-16(11-15)26-3)24(20)12-17-9-6-10-27-17/h5-11,14H,4,12-13H2,1-3H3,(H,21,25)/t14-/m0/s1. The molecule has 1 atom stereocenters. The number of furan rings is 1. The summed E-state index contributed by atoms with van der Waals surface area (Å²) in [5, 5.41) is 12.3. The van der Waals surface area contributed by atoms with Crippen molar-refractivity contribution in [2.75, 3.05) is 12.9 Å². The lowest BCUT2D eigenvalue weighted by molar-refractivity contribution is -0.119. The lowest BCUT2D eigenvalue weighted by Gasteiger charge is -2.12. The van der Waals surface area contributed by atoms with E-state index in [4.69, 9.17) is 9.15 Å². The van der Waals surface area contributed by atoms with Gasteiger partial charge in [-0.1, -0.05) is 30.8 Å². The number of amides is 1. The number of hydrogen-bond donors (Lipinski definition) is 1. The summed E-state index contributed by atoms with van der Waals surface area (Å²) in [7, 11) is 1.63. The number of carbonyl (C=O) groups is 1. The van der Waals surface area contributed by atoms with Gasteiger partial charge in [-0.15, -0.1) is 10.2 Å². The number of rotatable bonds is 9. The first-order valence-electron chi connectivity index (χ1n) is 9.12. The van der Waals surface area contributed by atoms with Crippen LogP contribution in [0.25, 0.3) is 11.4 Å². The molecule has 0 bridgehead atoms. The largest absolute Gasteiger partial charge is 0.497 e. The molecule has 0 aliphatic heterocycles. The Kier molecular flexibility index (Phi) is 6.76. The molecule has 28 heavy (non-hydrogen) atoms. The minimum absolute atomic E-state index is 0.0187. The maximum Gasteiger partial charge on any atom is 0.230 e.